The van der Waals surface area contributed by atoms with Crippen molar-refractivity contribution in [3.8, 4) is 0 Å². The Morgan fingerprint density at radius 3 is 2.46 bits per heavy atom. The van der Waals surface area contributed by atoms with Crippen LogP contribution in [0.4, 0.5) is 0 Å². The van der Waals surface area contributed by atoms with E-state index in [2.05, 4.69) is 5.32 Å². The van der Waals surface area contributed by atoms with Gasteiger partial charge in [0.25, 0.3) is 0 Å². The van der Waals surface area contributed by atoms with Gasteiger partial charge in [-0.3, -0.25) is 0 Å². The molecule has 3 aromatic rings. The molecule has 28 heavy (non-hydrogen) atoms. The summed E-state index contributed by atoms with van der Waals surface area (Å²) in [5, 5.41) is 14.4. The van der Waals surface area contributed by atoms with Crippen LogP contribution in [0.5, 0.6) is 0 Å². The molecule has 150 valence electrons. The second-order valence-electron chi connectivity index (χ2n) is 7.30. The summed E-state index contributed by atoms with van der Waals surface area (Å²) in [5.41, 5.74) is 1.10. The maximum Gasteiger partial charge on any atom is 0.206 e. The number of hydrogen-bond acceptors (Lipinski definition) is 5. The summed E-state index contributed by atoms with van der Waals surface area (Å²) in [7, 11) is -3.75. The average molecular weight is 442 g/mol. The summed E-state index contributed by atoms with van der Waals surface area (Å²) >= 11 is 6.35. The van der Waals surface area contributed by atoms with Gasteiger partial charge in [-0.2, -0.15) is 0 Å². The first-order valence-corrected chi connectivity index (χ1v) is 10.6. The van der Waals surface area contributed by atoms with Gasteiger partial charge < -0.3 is 14.8 Å². The first-order valence-electron chi connectivity index (χ1n) is 8.70. The summed E-state index contributed by atoms with van der Waals surface area (Å²) in [5.74, 6) is 0.856. The highest BCUT2D eigenvalue weighted by atomic mass is 35.5. The summed E-state index contributed by atoms with van der Waals surface area (Å²) in [4.78, 5) is 0.284. The van der Waals surface area contributed by atoms with Gasteiger partial charge in [-0.25, -0.2) is 8.42 Å². The van der Waals surface area contributed by atoms with Crippen molar-refractivity contribution in [2.75, 3.05) is 6.54 Å². The molecule has 1 aromatic heterocycles. The van der Waals surface area contributed by atoms with Crippen molar-refractivity contribution in [2.45, 2.75) is 42.2 Å². The molecule has 0 atom stereocenters. The number of sulfone groups is 1. The Hall–Kier alpha value is -1.57. The number of hydrogen-bond donors (Lipinski definition) is 2. The number of furan rings is 1. The zero-order valence-electron chi connectivity index (χ0n) is 15.5. The van der Waals surface area contributed by atoms with Crippen molar-refractivity contribution >= 4 is 44.8 Å². The lowest BCUT2D eigenvalue weighted by Crippen LogP contribution is -2.22. The van der Waals surface area contributed by atoms with Crippen molar-refractivity contribution in [3.05, 3.63) is 58.3 Å². The van der Waals surface area contributed by atoms with Crippen LogP contribution in [0.15, 0.2) is 50.6 Å². The zero-order chi connectivity index (χ0) is 19.4. The van der Waals surface area contributed by atoms with Gasteiger partial charge in [-0.05, 0) is 43.7 Å². The van der Waals surface area contributed by atoms with Crippen LogP contribution in [0, 0.1) is 0 Å². The molecule has 0 aliphatic carbocycles. The standard InChI is InChI=1S/C20H20ClNO4S.ClH/c1-20(2,23)12-3-5-13(6-4-12)27(24,25)14-9-15-16-11-22-8-7-18(16)26-19(15)17(21)10-14;/h3-6,9-10,22-23H,7-8,11H2,1-2H3;1H. The van der Waals surface area contributed by atoms with Gasteiger partial charge >= 0.3 is 0 Å². The van der Waals surface area contributed by atoms with E-state index >= 15 is 0 Å². The fourth-order valence-corrected chi connectivity index (χ4v) is 5.01. The minimum atomic E-state index is -3.75. The lowest BCUT2D eigenvalue weighted by atomic mass is 9.99. The van der Waals surface area contributed by atoms with Crippen molar-refractivity contribution in [1.82, 2.24) is 5.32 Å². The molecule has 2 aromatic carbocycles. The topological polar surface area (TPSA) is 79.5 Å². The van der Waals surface area contributed by atoms with E-state index in [1.807, 2.05) is 0 Å². The molecule has 0 spiro atoms. The van der Waals surface area contributed by atoms with Crippen molar-refractivity contribution in [1.29, 1.82) is 0 Å². The van der Waals surface area contributed by atoms with E-state index in [4.69, 9.17) is 16.0 Å². The molecule has 8 heteroatoms. The largest absolute Gasteiger partial charge is 0.459 e. The van der Waals surface area contributed by atoms with Crippen LogP contribution >= 0.6 is 24.0 Å². The molecule has 0 saturated heterocycles. The Balaban J connectivity index is 0.00000225. The van der Waals surface area contributed by atoms with Crippen molar-refractivity contribution < 1.29 is 17.9 Å². The van der Waals surface area contributed by atoms with Crippen molar-refractivity contribution in [3.63, 3.8) is 0 Å². The van der Waals surface area contributed by atoms with Crippen LogP contribution in [0.25, 0.3) is 11.0 Å². The zero-order valence-corrected chi connectivity index (χ0v) is 17.8. The van der Waals surface area contributed by atoms with Crippen LogP contribution in [-0.4, -0.2) is 20.1 Å². The molecule has 0 fully saturated rings. The van der Waals surface area contributed by atoms with E-state index in [0.29, 0.717) is 17.7 Å². The quantitative estimate of drug-likeness (QED) is 0.635. The predicted molar refractivity (Wildman–Crippen MR) is 111 cm³/mol. The van der Waals surface area contributed by atoms with E-state index in [0.717, 1.165) is 29.7 Å². The van der Waals surface area contributed by atoms with Crippen LogP contribution in [0.3, 0.4) is 0 Å². The Labute approximate surface area is 175 Å². The van der Waals surface area contributed by atoms with Crippen LogP contribution < -0.4 is 5.32 Å². The first-order chi connectivity index (χ1) is 12.7. The maximum absolute atomic E-state index is 13.1. The molecule has 0 unspecified atom stereocenters. The van der Waals surface area contributed by atoms with Crippen LogP contribution in [0.1, 0.15) is 30.7 Å². The van der Waals surface area contributed by atoms with Gasteiger partial charge in [0.15, 0.2) is 5.58 Å². The van der Waals surface area contributed by atoms with Gasteiger partial charge in [0, 0.05) is 30.5 Å². The number of rotatable bonds is 3. The van der Waals surface area contributed by atoms with E-state index < -0.39 is 15.4 Å². The number of halogens is 2. The van der Waals surface area contributed by atoms with Gasteiger partial charge in [-0.15, -0.1) is 12.4 Å². The number of aliphatic hydroxyl groups is 1. The molecule has 1 aliphatic rings. The summed E-state index contributed by atoms with van der Waals surface area (Å²) < 4.78 is 32.1. The molecular formula is C20H21Cl2NO4S. The maximum atomic E-state index is 13.1. The molecule has 1 aliphatic heterocycles. The molecule has 2 heterocycles. The van der Waals surface area contributed by atoms with Gasteiger partial charge in [-0.1, -0.05) is 23.7 Å². The minimum Gasteiger partial charge on any atom is -0.459 e. The van der Waals surface area contributed by atoms with E-state index in [-0.39, 0.29) is 27.2 Å². The van der Waals surface area contributed by atoms with Crippen LogP contribution in [0.2, 0.25) is 5.02 Å². The molecule has 0 radical (unpaired) electrons. The number of benzene rings is 2. The Morgan fingerprint density at radius 2 is 1.82 bits per heavy atom. The monoisotopic (exact) mass is 441 g/mol. The smallest absolute Gasteiger partial charge is 0.206 e. The molecule has 4 rings (SSSR count). The number of fused-ring (bicyclic) bond motifs is 3. The summed E-state index contributed by atoms with van der Waals surface area (Å²) in [6.07, 6.45) is 0.751. The van der Waals surface area contributed by atoms with E-state index in [9.17, 15) is 13.5 Å². The second kappa shape index (κ2) is 7.35. The van der Waals surface area contributed by atoms with E-state index in [1.165, 1.54) is 18.2 Å². The molecule has 0 amide bonds. The molecule has 0 bridgehead atoms. The summed E-state index contributed by atoms with van der Waals surface area (Å²) in [6, 6.07) is 9.33. The Kier molecular flexibility index (Phi) is 5.55. The molecule has 0 saturated carbocycles. The highest BCUT2D eigenvalue weighted by molar-refractivity contribution is 7.91. The fraction of sp³-hybridized carbons (Fsp3) is 0.300. The highest BCUT2D eigenvalue weighted by Crippen LogP contribution is 2.36. The molecular weight excluding hydrogens is 421 g/mol. The van der Waals surface area contributed by atoms with Crippen LogP contribution in [-0.2, 0) is 28.4 Å². The minimum absolute atomic E-state index is 0. The lowest BCUT2D eigenvalue weighted by Gasteiger charge is -2.18. The third kappa shape index (κ3) is 3.55. The molecule has 5 nitrogen and oxygen atoms in total. The Morgan fingerprint density at radius 1 is 1.14 bits per heavy atom. The average Bonchev–Trinajstić information content (AvgIpc) is 3.01. The third-order valence-corrected chi connectivity index (χ3v) is 6.95. The highest BCUT2D eigenvalue weighted by Gasteiger charge is 2.25. The Bertz CT molecular complexity index is 1130. The first kappa shape index (κ1) is 21.1. The normalized spacial score (nSPS) is 14.6. The SMILES string of the molecule is CC(C)(O)c1ccc(S(=O)(=O)c2cc(Cl)c3oc4c(c3c2)CNCC4)cc1.Cl. The fourth-order valence-electron chi connectivity index (χ4n) is 3.38. The number of nitrogens with one attached hydrogen (secondary N) is 1. The van der Waals surface area contributed by atoms with E-state index in [1.54, 1.807) is 32.0 Å². The van der Waals surface area contributed by atoms with Crippen molar-refractivity contribution in [2.24, 2.45) is 0 Å². The second-order valence-corrected chi connectivity index (χ2v) is 9.66. The lowest BCUT2D eigenvalue weighted by molar-refractivity contribution is 0.0785. The van der Waals surface area contributed by atoms with Gasteiger partial charge in [0.05, 0.1) is 20.4 Å². The van der Waals surface area contributed by atoms with Gasteiger partial charge in [0.2, 0.25) is 9.84 Å². The van der Waals surface area contributed by atoms with Gasteiger partial charge in [0.1, 0.15) is 5.76 Å². The molecule has 2 N–H and O–H groups in total. The summed E-state index contributed by atoms with van der Waals surface area (Å²) in [6.45, 7) is 4.76. The third-order valence-electron chi connectivity index (χ3n) is 4.92. The predicted octanol–water partition coefficient (Wildman–Crippen LogP) is 4.21.